The molecule has 2 heteroatoms. The second kappa shape index (κ2) is 4.67. The maximum atomic E-state index is 5.51. The van der Waals surface area contributed by atoms with Crippen molar-refractivity contribution in [1.29, 1.82) is 0 Å². The van der Waals surface area contributed by atoms with E-state index in [-0.39, 0.29) is 0 Å². The zero-order chi connectivity index (χ0) is 10.7. The van der Waals surface area contributed by atoms with Gasteiger partial charge in [0.05, 0.1) is 12.1 Å². The maximum absolute atomic E-state index is 5.51. The van der Waals surface area contributed by atoms with E-state index in [0.717, 1.165) is 6.54 Å². The van der Waals surface area contributed by atoms with Crippen LogP contribution in [0.5, 0.6) is 0 Å². The van der Waals surface area contributed by atoms with E-state index in [1.165, 1.54) is 18.5 Å². The predicted octanol–water partition coefficient (Wildman–Crippen LogP) is 2.69. The zero-order valence-corrected chi connectivity index (χ0v) is 9.52. The molecule has 2 rings (SSSR count). The largest absolute Gasteiger partial charge is 0.379 e. The summed E-state index contributed by atoms with van der Waals surface area (Å²) in [5, 5.41) is 0. The average molecular weight is 205 g/mol. The summed E-state index contributed by atoms with van der Waals surface area (Å²) in [6.07, 6.45) is 2.78. The SMILES string of the molecule is COC1CCCN(c2ccccc2)C1C. The molecule has 2 atom stereocenters. The van der Waals surface area contributed by atoms with Crippen LogP contribution in [-0.2, 0) is 4.74 Å². The molecule has 1 aromatic carbocycles. The Morgan fingerprint density at radius 3 is 2.67 bits per heavy atom. The van der Waals surface area contributed by atoms with E-state index < -0.39 is 0 Å². The van der Waals surface area contributed by atoms with Crippen LogP contribution in [0.15, 0.2) is 30.3 Å². The number of hydrogen-bond donors (Lipinski definition) is 0. The standard InChI is InChI=1S/C13H19NO/c1-11-13(15-2)9-6-10-14(11)12-7-4-3-5-8-12/h3-5,7-8,11,13H,6,9-10H2,1-2H3. The minimum atomic E-state index is 0.374. The number of para-hydroxylation sites is 1. The monoisotopic (exact) mass is 205 g/mol. The third kappa shape index (κ3) is 2.15. The number of methoxy groups -OCH3 is 1. The van der Waals surface area contributed by atoms with Crippen molar-refractivity contribution in [3.8, 4) is 0 Å². The molecule has 1 saturated heterocycles. The summed E-state index contributed by atoms with van der Waals surface area (Å²) < 4.78 is 5.51. The normalized spacial score (nSPS) is 26.7. The van der Waals surface area contributed by atoms with Crippen LogP contribution in [0, 0.1) is 0 Å². The number of anilines is 1. The topological polar surface area (TPSA) is 12.5 Å². The van der Waals surface area contributed by atoms with Crippen LogP contribution in [0.2, 0.25) is 0 Å². The molecular weight excluding hydrogens is 186 g/mol. The second-order valence-electron chi connectivity index (χ2n) is 4.19. The van der Waals surface area contributed by atoms with Crippen LogP contribution in [0.1, 0.15) is 19.8 Å². The fourth-order valence-corrected chi connectivity index (χ4v) is 2.41. The molecule has 15 heavy (non-hydrogen) atoms. The maximum Gasteiger partial charge on any atom is 0.0772 e. The van der Waals surface area contributed by atoms with Crippen LogP contribution in [0.3, 0.4) is 0 Å². The molecule has 2 unspecified atom stereocenters. The van der Waals surface area contributed by atoms with Crippen molar-refractivity contribution in [2.45, 2.75) is 31.9 Å². The fourth-order valence-electron chi connectivity index (χ4n) is 2.41. The molecule has 1 aliphatic heterocycles. The molecule has 0 aromatic heterocycles. The van der Waals surface area contributed by atoms with Gasteiger partial charge in [-0.25, -0.2) is 0 Å². The van der Waals surface area contributed by atoms with Gasteiger partial charge >= 0.3 is 0 Å². The Kier molecular flexibility index (Phi) is 3.27. The molecule has 0 bridgehead atoms. The van der Waals surface area contributed by atoms with Gasteiger partial charge in [-0.05, 0) is 31.9 Å². The summed E-state index contributed by atoms with van der Waals surface area (Å²) in [7, 11) is 1.82. The van der Waals surface area contributed by atoms with Crippen LogP contribution >= 0.6 is 0 Å². The number of piperidine rings is 1. The molecule has 0 spiro atoms. The van der Waals surface area contributed by atoms with Gasteiger partial charge in [0.2, 0.25) is 0 Å². The highest BCUT2D eigenvalue weighted by molar-refractivity contribution is 5.47. The van der Waals surface area contributed by atoms with Crippen molar-refractivity contribution in [3.05, 3.63) is 30.3 Å². The summed E-state index contributed by atoms with van der Waals surface area (Å²) in [5.74, 6) is 0. The minimum Gasteiger partial charge on any atom is -0.379 e. The first-order chi connectivity index (χ1) is 7.33. The molecule has 1 fully saturated rings. The molecule has 0 saturated carbocycles. The number of benzene rings is 1. The third-order valence-electron chi connectivity index (χ3n) is 3.31. The van der Waals surface area contributed by atoms with E-state index in [2.05, 4.69) is 42.2 Å². The Morgan fingerprint density at radius 1 is 1.27 bits per heavy atom. The van der Waals surface area contributed by atoms with Gasteiger partial charge in [0.15, 0.2) is 0 Å². The molecule has 1 aliphatic rings. The van der Waals surface area contributed by atoms with Gasteiger partial charge in [0.1, 0.15) is 0 Å². The predicted molar refractivity (Wildman–Crippen MR) is 63.3 cm³/mol. The van der Waals surface area contributed by atoms with Gasteiger partial charge in [0.25, 0.3) is 0 Å². The summed E-state index contributed by atoms with van der Waals surface area (Å²) in [5.41, 5.74) is 1.31. The fraction of sp³-hybridized carbons (Fsp3) is 0.538. The minimum absolute atomic E-state index is 0.374. The Labute approximate surface area is 91.9 Å². The molecule has 0 radical (unpaired) electrons. The molecule has 0 amide bonds. The number of hydrogen-bond acceptors (Lipinski definition) is 2. The van der Waals surface area contributed by atoms with E-state index in [4.69, 9.17) is 4.74 Å². The first-order valence-corrected chi connectivity index (χ1v) is 5.67. The Balaban J connectivity index is 2.15. The van der Waals surface area contributed by atoms with Crippen molar-refractivity contribution in [1.82, 2.24) is 0 Å². The first kappa shape index (κ1) is 10.5. The highest BCUT2D eigenvalue weighted by Gasteiger charge is 2.27. The number of rotatable bonds is 2. The summed E-state index contributed by atoms with van der Waals surface area (Å²) >= 11 is 0. The van der Waals surface area contributed by atoms with Gasteiger partial charge in [-0.2, -0.15) is 0 Å². The van der Waals surface area contributed by atoms with E-state index in [1.807, 2.05) is 7.11 Å². The van der Waals surface area contributed by atoms with Gasteiger partial charge in [-0.1, -0.05) is 18.2 Å². The smallest absolute Gasteiger partial charge is 0.0772 e. The summed E-state index contributed by atoms with van der Waals surface area (Å²) in [6.45, 7) is 3.39. The quantitative estimate of drug-likeness (QED) is 0.736. The Morgan fingerprint density at radius 2 is 2.00 bits per heavy atom. The van der Waals surface area contributed by atoms with E-state index >= 15 is 0 Å². The van der Waals surface area contributed by atoms with Crippen molar-refractivity contribution in [2.24, 2.45) is 0 Å². The van der Waals surface area contributed by atoms with E-state index in [1.54, 1.807) is 0 Å². The lowest BCUT2D eigenvalue weighted by Crippen LogP contribution is -2.47. The lowest BCUT2D eigenvalue weighted by molar-refractivity contribution is 0.0628. The number of ether oxygens (including phenoxy) is 1. The van der Waals surface area contributed by atoms with E-state index in [9.17, 15) is 0 Å². The molecule has 2 nitrogen and oxygen atoms in total. The van der Waals surface area contributed by atoms with Gasteiger partial charge < -0.3 is 9.64 Å². The second-order valence-corrected chi connectivity index (χ2v) is 4.19. The van der Waals surface area contributed by atoms with Crippen molar-refractivity contribution >= 4 is 5.69 Å². The molecule has 1 heterocycles. The summed E-state index contributed by atoms with van der Waals surface area (Å²) in [6, 6.07) is 11.1. The summed E-state index contributed by atoms with van der Waals surface area (Å²) in [4.78, 5) is 2.44. The lowest BCUT2D eigenvalue weighted by atomic mass is 9.99. The number of nitrogens with zero attached hydrogens (tertiary/aromatic N) is 1. The van der Waals surface area contributed by atoms with Gasteiger partial charge in [0, 0.05) is 19.3 Å². The molecule has 0 aliphatic carbocycles. The van der Waals surface area contributed by atoms with Crippen LogP contribution in [0.25, 0.3) is 0 Å². The third-order valence-corrected chi connectivity index (χ3v) is 3.31. The van der Waals surface area contributed by atoms with E-state index in [0.29, 0.717) is 12.1 Å². The first-order valence-electron chi connectivity index (χ1n) is 5.67. The molecule has 1 aromatic rings. The van der Waals surface area contributed by atoms with Gasteiger partial charge in [-0.15, -0.1) is 0 Å². The van der Waals surface area contributed by atoms with Crippen LogP contribution < -0.4 is 4.90 Å². The Bertz CT molecular complexity index is 299. The van der Waals surface area contributed by atoms with Crippen molar-refractivity contribution < 1.29 is 4.74 Å². The molecule has 0 N–H and O–H groups in total. The van der Waals surface area contributed by atoms with Crippen LogP contribution in [0.4, 0.5) is 5.69 Å². The lowest BCUT2D eigenvalue weighted by Gasteiger charge is -2.40. The zero-order valence-electron chi connectivity index (χ0n) is 9.52. The van der Waals surface area contributed by atoms with Gasteiger partial charge in [-0.3, -0.25) is 0 Å². The highest BCUT2D eigenvalue weighted by atomic mass is 16.5. The van der Waals surface area contributed by atoms with Crippen LogP contribution in [-0.4, -0.2) is 25.8 Å². The van der Waals surface area contributed by atoms with Crippen molar-refractivity contribution in [3.63, 3.8) is 0 Å². The van der Waals surface area contributed by atoms with Crippen molar-refractivity contribution in [2.75, 3.05) is 18.6 Å². The molecular formula is C13H19NO. The average Bonchev–Trinajstić information content (AvgIpc) is 2.30. The molecule has 82 valence electrons. The highest BCUT2D eigenvalue weighted by Crippen LogP contribution is 2.25. The Hall–Kier alpha value is -1.02.